The molecule has 15 rings (SSSR count). The Hall–Kier alpha value is -6.75. The molecule has 0 amide bonds. The van der Waals surface area contributed by atoms with Gasteiger partial charge in [0.1, 0.15) is 11.5 Å². The predicted molar refractivity (Wildman–Crippen MR) is 261 cm³/mol. The third-order valence-corrected chi connectivity index (χ3v) is 16.6. The van der Waals surface area contributed by atoms with E-state index < -0.39 is 0 Å². The molecular formula is C60H44N2OS. The van der Waals surface area contributed by atoms with Crippen LogP contribution in [0.3, 0.4) is 0 Å². The Morgan fingerprint density at radius 3 is 1.80 bits per heavy atom. The molecule has 1 aliphatic heterocycles. The zero-order chi connectivity index (χ0) is 41.9. The highest BCUT2D eigenvalue weighted by Crippen LogP contribution is 2.70. The molecule has 4 fully saturated rings. The van der Waals surface area contributed by atoms with Crippen molar-refractivity contribution in [3.8, 4) is 78.7 Å². The third kappa shape index (κ3) is 5.61. The smallest absolute Gasteiger partial charge is 0.160 e. The Labute approximate surface area is 378 Å². The number of rotatable bonds is 5. The van der Waals surface area contributed by atoms with Crippen LogP contribution in [0, 0.1) is 23.7 Å². The number of hydrogen-bond donors (Lipinski definition) is 0. The van der Waals surface area contributed by atoms with Crippen molar-refractivity contribution in [3.05, 3.63) is 193 Å². The summed E-state index contributed by atoms with van der Waals surface area (Å²) in [7, 11) is 0. The Balaban J connectivity index is 0.920. The molecule has 0 radical (unpaired) electrons. The zero-order valence-electron chi connectivity index (χ0n) is 35.4. The van der Waals surface area contributed by atoms with Gasteiger partial charge in [0.25, 0.3) is 0 Å². The summed E-state index contributed by atoms with van der Waals surface area (Å²) in [5.74, 6) is 5.75. The average Bonchev–Trinajstić information content (AvgIpc) is 3.62. The van der Waals surface area contributed by atoms with E-state index in [9.17, 15) is 0 Å². The van der Waals surface area contributed by atoms with E-state index in [0.29, 0.717) is 11.8 Å². The second-order valence-corrected chi connectivity index (χ2v) is 20.0. The molecule has 4 saturated carbocycles. The number of benzene rings is 8. The highest BCUT2D eigenvalue weighted by molar-refractivity contribution is 7.99. The van der Waals surface area contributed by atoms with Crippen molar-refractivity contribution in [2.75, 3.05) is 0 Å². The van der Waals surface area contributed by atoms with Gasteiger partial charge in [-0.05, 0) is 160 Å². The van der Waals surface area contributed by atoms with Gasteiger partial charge in [-0.3, -0.25) is 0 Å². The molecule has 1 aromatic heterocycles. The molecule has 0 N–H and O–H groups in total. The van der Waals surface area contributed by atoms with Gasteiger partial charge in [-0.25, -0.2) is 9.97 Å². The van der Waals surface area contributed by atoms with Gasteiger partial charge in [0.05, 0.1) is 21.0 Å². The van der Waals surface area contributed by atoms with Gasteiger partial charge < -0.3 is 4.74 Å². The van der Waals surface area contributed by atoms with E-state index in [1.807, 2.05) is 11.8 Å². The molecule has 64 heavy (non-hydrogen) atoms. The van der Waals surface area contributed by atoms with E-state index in [1.165, 1.54) is 92.0 Å². The van der Waals surface area contributed by atoms with Crippen molar-refractivity contribution in [3.63, 3.8) is 0 Å². The number of aromatic nitrogens is 2. The van der Waals surface area contributed by atoms with E-state index >= 15 is 0 Å². The van der Waals surface area contributed by atoms with Crippen LogP contribution in [0.15, 0.2) is 192 Å². The molecule has 5 aliphatic carbocycles. The van der Waals surface area contributed by atoms with Gasteiger partial charge in [0.15, 0.2) is 5.82 Å². The van der Waals surface area contributed by atoms with Gasteiger partial charge >= 0.3 is 0 Å². The Bertz CT molecular complexity index is 3310. The highest BCUT2D eigenvalue weighted by atomic mass is 32.2. The van der Waals surface area contributed by atoms with Crippen molar-refractivity contribution in [2.45, 2.75) is 47.3 Å². The minimum atomic E-state index is 0.00313. The van der Waals surface area contributed by atoms with Crippen LogP contribution in [0.2, 0.25) is 0 Å². The molecule has 306 valence electrons. The van der Waals surface area contributed by atoms with Crippen LogP contribution in [0.25, 0.3) is 78.1 Å². The second-order valence-electron chi connectivity index (χ2n) is 18.9. The molecule has 6 aliphatic rings. The molecule has 3 nitrogen and oxygen atoms in total. The van der Waals surface area contributed by atoms with E-state index in [-0.39, 0.29) is 5.41 Å². The summed E-state index contributed by atoms with van der Waals surface area (Å²) in [6, 6.07) is 66.4. The SMILES string of the molecule is c1ccc(-c2ccc(-c3nc(-c4cccc(-c5ccccc5)c4)c4ccc(-c5ccc6c(c5)C5(c7cc8c(cc7-6)Sc6ccccc6O8)C6CC7CC(C6)CC5C7)cc4n3)cc2)cc1. The van der Waals surface area contributed by atoms with Crippen LogP contribution in [-0.4, -0.2) is 9.97 Å². The minimum absolute atomic E-state index is 0.00313. The van der Waals surface area contributed by atoms with Crippen molar-refractivity contribution in [1.29, 1.82) is 0 Å². The number of hydrogen-bond acceptors (Lipinski definition) is 4. The first-order chi connectivity index (χ1) is 31.6. The van der Waals surface area contributed by atoms with Crippen LogP contribution in [0.5, 0.6) is 11.5 Å². The average molecular weight is 841 g/mol. The van der Waals surface area contributed by atoms with Crippen LogP contribution in [-0.2, 0) is 5.41 Å². The Morgan fingerprint density at radius 2 is 1.02 bits per heavy atom. The first-order valence-electron chi connectivity index (χ1n) is 23.0. The first kappa shape index (κ1) is 36.7. The standard InChI is InChI=1S/C60H44N2OS/c1-3-10-38(11-4-1)40-18-20-41(21-19-40)59-61-53-33-44(23-25-49(53)58(62-59)45-15-9-14-42(31-45)39-12-5-2-6-13-39)43-22-24-48-50-34-57-55(63-54-16-7-8-17-56(54)64-57)35-52(50)60(51(48)32-43)46-27-36-26-37(29-46)30-47(60)28-36/h1-25,31-37,46-47H,26-30H2. The maximum atomic E-state index is 6.73. The van der Waals surface area contributed by atoms with E-state index in [4.69, 9.17) is 14.7 Å². The molecule has 0 unspecified atom stereocenters. The van der Waals surface area contributed by atoms with E-state index in [2.05, 4.69) is 182 Å². The molecule has 2 heterocycles. The van der Waals surface area contributed by atoms with Crippen LogP contribution < -0.4 is 4.74 Å². The van der Waals surface area contributed by atoms with Gasteiger partial charge in [-0.2, -0.15) is 0 Å². The number of fused-ring (bicyclic) bond motifs is 6. The lowest BCUT2D eigenvalue weighted by Gasteiger charge is -2.61. The molecule has 4 bridgehead atoms. The fourth-order valence-electron chi connectivity index (χ4n) is 13.0. The lowest BCUT2D eigenvalue weighted by Crippen LogP contribution is -2.55. The summed E-state index contributed by atoms with van der Waals surface area (Å²) in [6.07, 6.45) is 6.77. The number of para-hydroxylation sites is 1. The predicted octanol–water partition coefficient (Wildman–Crippen LogP) is 15.9. The fraction of sp³-hybridized carbons (Fsp3) is 0.167. The van der Waals surface area contributed by atoms with Gasteiger partial charge in [0.2, 0.25) is 0 Å². The van der Waals surface area contributed by atoms with Crippen LogP contribution in [0.4, 0.5) is 0 Å². The van der Waals surface area contributed by atoms with E-state index in [0.717, 1.165) is 56.9 Å². The summed E-state index contributed by atoms with van der Waals surface area (Å²) in [5, 5.41) is 1.05. The van der Waals surface area contributed by atoms with E-state index in [1.54, 1.807) is 5.56 Å². The summed E-state index contributed by atoms with van der Waals surface area (Å²) >= 11 is 1.85. The third-order valence-electron chi connectivity index (χ3n) is 15.5. The Morgan fingerprint density at radius 1 is 0.422 bits per heavy atom. The van der Waals surface area contributed by atoms with Gasteiger partial charge in [-0.15, -0.1) is 0 Å². The monoisotopic (exact) mass is 840 g/mol. The lowest BCUT2D eigenvalue weighted by atomic mass is 9.43. The van der Waals surface area contributed by atoms with Crippen LogP contribution in [0.1, 0.15) is 43.2 Å². The molecular weight excluding hydrogens is 797 g/mol. The molecule has 9 aromatic rings. The maximum Gasteiger partial charge on any atom is 0.160 e. The zero-order valence-corrected chi connectivity index (χ0v) is 36.2. The Kier molecular flexibility index (Phi) is 8.10. The molecule has 1 spiro atoms. The van der Waals surface area contributed by atoms with Crippen LogP contribution >= 0.6 is 11.8 Å². The maximum absolute atomic E-state index is 6.73. The quantitative estimate of drug-likeness (QED) is 0.173. The molecule has 8 aromatic carbocycles. The normalized spacial score (nSPS) is 21.9. The molecule has 0 atom stereocenters. The summed E-state index contributed by atoms with van der Waals surface area (Å²) in [5.41, 5.74) is 17.0. The van der Waals surface area contributed by atoms with Gasteiger partial charge in [-0.1, -0.05) is 145 Å². The highest BCUT2D eigenvalue weighted by Gasteiger charge is 2.62. The second kappa shape index (κ2) is 14.1. The molecule has 4 heteroatoms. The largest absolute Gasteiger partial charge is 0.455 e. The van der Waals surface area contributed by atoms with Crippen molar-refractivity contribution < 1.29 is 4.74 Å². The topological polar surface area (TPSA) is 35.0 Å². The summed E-state index contributed by atoms with van der Waals surface area (Å²) in [4.78, 5) is 13.2. The summed E-state index contributed by atoms with van der Waals surface area (Å²) < 4.78 is 6.73. The van der Waals surface area contributed by atoms with Gasteiger partial charge in [0, 0.05) is 21.9 Å². The molecule has 0 saturated heterocycles. The summed E-state index contributed by atoms with van der Waals surface area (Å²) in [6.45, 7) is 0. The van der Waals surface area contributed by atoms with Crippen molar-refractivity contribution in [1.82, 2.24) is 9.97 Å². The van der Waals surface area contributed by atoms with Crippen molar-refractivity contribution in [2.24, 2.45) is 23.7 Å². The lowest BCUT2D eigenvalue weighted by molar-refractivity contribution is -0.0399. The number of nitrogens with zero attached hydrogens (tertiary/aromatic N) is 2. The first-order valence-corrected chi connectivity index (χ1v) is 23.9. The van der Waals surface area contributed by atoms with Crippen molar-refractivity contribution >= 4 is 22.7 Å². The fourth-order valence-corrected chi connectivity index (χ4v) is 13.9. The number of ether oxygens (including phenoxy) is 1. The minimum Gasteiger partial charge on any atom is -0.455 e.